The van der Waals surface area contributed by atoms with E-state index in [0.29, 0.717) is 49.7 Å². The van der Waals surface area contributed by atoms with Crippen LogP contribution in [0.2, 0.25) is 5.02 Å². The number of carbonyl (C=O) groups excluding carboxylic acids is 1. The summed E-state index contributed by atoms with van der Waals surface area (Å²) < 4.78 is 11.2. The summed E-state index contributed by atoms with van der Waals surface area (Å²) in [5.41, 5.74) is -0.904. The predicted octanol–water partition coefficient (Wildman–Crippen LogP) is 3.61. The summed E-state index contributed by atoms with van der Waals surface area (Å²) in [6.07, 6.45) is 1.89. The number of carboxylic acid groups (broad SMARTS) is 1. The number of ether oxygens (including phenoxy) is 2. The van der Waals surface area contributed by atoms with Gasteiger partial charge >= 0.3 is 5.97 Å². The molecule has 2 rings (SSSR count). The summed E-state index contributed by atoms with van der Waals surface area (Å²) in [6, 6.07) is 3.08. The first-order valence-corrected chi connectivity index (χ1v) is 8.87. The van der Waals surface area contributed by atoms with E-state index in [9.17, 15) is 14.7 Å². The fraction of sp³-hybridized carbons (Fsp3) is 0.556. The third-order valence-corrected chi connectivity index (χ3v) is 4.63. The van der Waals surface area contributed by atoms with Crippen LogP contribution in [0.25, 0.3) is 0 Å². The maximum atomic E-state index is 12.9. The van der Waals surface area contributed by atoms with Gasteiger partial charge in [0, 0.05) is 12.1 Å². The second-order valence-electron chi connectivity index (χ2n) is 6.21. The highest BCUT2D eigenvalue weighted by atomic mass is 35.5. The van der Waals surface area contributed by atoms with Crippen LogP contribution in [0.5, 0.6) is 11.5 Å². The van der Waals surface area contributed by atoms with Gasteiger partial charge in [-0.25, -0.2) is 4.79 Å². The number of carbonyl (C=O) groups is 2. The molecule has 0 bridgehead atoms. The van der Waals surface area contributed by atoms with Crippen molar-refractivity contribution in [2.24, 2.45) is 0 Å². The minimum Gasteiger partial charge on any atom is -0.490 e. The largest absolute Gasteiger partial charge is 0.490 e. The van der Waals surface area contributed by atoms with Crippen molar-refractivity contribution >= 4 is 23.5 Å². The van der Waals surface area contributed by atoms with Crippen LogP contribution in [0.4, 0.5) is 0 Å². The maximum Gasteiger partial charge on any atom is 0.329 e. The Bertz CT molecular complexity index is 663. The number of benzene rings is 1. The van der Waals surface area contributed by atoms with Crippen LogP contribution in [0.3, 0.4) is 0 Å². The Morgan fingerprint density at radius 3 is 2.64 bits per heavy atom. The van der Waals surface area contributed by atoms with Crippen molar-refractivity contribution in [3.8, 4) is 11.5 Å². The second kappa shape index (κ2) is 7.95. The molecule has 1 aromatic carbocycles. The molecule has 1 atom stereocenters. The molecule has 0 aliphatic carbocycles. The number of hydrogen-bond acceptors (Lipinski definition) is 4. The highest BCUT2D eigenvalue weighted by molar-refractivity contribution is 6.32. The van der Waals surface area contributed by atoms with E-state index >= 15 is 0 Å². The fourth-order valence-electron chi connectivity index (χ4n) is 2.97. The van der Waals surface area contributed by atoms with Crippen molar-refractivity contribution in [3.63, 3.8) is 0 Å². The second-order valence-corrected chi connectivity index (χ2v) is 6.61. The standard InChI is InChI=1S/C18H24ClNO5/c1-4-9-25-15-13(19)10-12(11-14(15)24-5-2)16(21)20-8-6-7-18(20,3)17(22)23/h10-11H,4-9H2,1-3H3,(H,22,23). The number of carboxylic acids is 1. The van der Waals surface area contributed by atoms with E-state index in [-0.39, 0.29) is 10.9 Å². The molecular weight excluding hydrogens is 346 g/mol. The molecule has 25 heavy (non-hydrogen) atoms. The van der Waals surface area contributed by atoms with Crippen LogP contribution in [0.15, 0.2) is 12.1 Å². The minimum absolute atomic E-state index is 0.277. The first-order chi connectivity index (χ1) is 11.8. The Morgan fingerprint density at radius 1 is 1.32 bits per heavy atom. The molecule has 1 N–H and O–H groups in total. The van der Waals surface area contributed by atoms with Gasteiger partial charge in [-0.15, -0.1) is 0 Å². The highest BCUT2D eigenvalue weighted by Gasteiger charge is 2.46. The Kier molecular flexibility index (Phi) is 6.16. The first-order valence-electron chi connectivity index (χ1n) is 8.49. The van der Waals surface area contributed by atoms with Crippen molar-refractivity contribution in [3.05, 3.63) is 22.7 Å². The van der Waals surface area contributed by atoms with Crippen LogP contribution >= 0.6 is 11.6 Å². The van der Waals surface area contributed by atoms with E-state index in [1.54, 1.807) is 13.0 Å². The third-order valence-electron chi connectivity index (χ3n) is 4.35. The molecule has 6 nitrogen and oxygen atoms in total. The van der Waals surface area contributed by atoms with Gasteiger partial charge in [-0.1, -0.05) is 18.5 Å². The molecule has 1 aromatic rings. The normalized spacial score (nSPS) is 19.8. The lowest BCUT2D eigenvalue weighted by molar-refractivity contribution is -0.147. The van der Waals surface area contributed by atoms with Crippen molar-refractivity contribution in [2.75, 3.05) is 19.8 Å². The average Bonchev–Trinajstić information content (AvgIpc) is 2.97. The number of amides is 1. The van der Waals surface area contributed by atoms with Crippen LogP contribution in [0.1, 0.15) is 50.4 Å². The van der Waals surface area contributed by atoms with Gasteiger partial charge in [0.25, 0.3) is 5.91 Å². The number of likely N-dealkylation sites (tertiary alicyclic amines) is 1. The van der Waals surface area contributed by atoms with Gasteiger partial charge in [0.05, 0.1) is 18.2 Å². The van der Waals surface area contributed by atoms with Crippen molar-refractivity contribution in [2.45, 2.75) is 45.6 Å². The zero-order valence-electron chi connectivity index (χ0n) is 14.8. The predicted molar refractivity (Wildman–Crippen MR) is 94.7 cm³/mol. The Balaban J connectivity index is 2.38. The summed E-state index contributed by atoms with van der Waals surface area (Å²) >= 11 is 6.30. The molecule has 0 spiro atoms. The SMILES string of the molecule is CCCOc1c(Cl)cc(C(=O)N2CCCC2(C)C(=O)O)cc1OCC. The molecule has 0 saturated carbocycles. The van der Waals surface area contributed by atoms with Crippen LogP contribution in [0, 0.1) is 0 Å². The summed E-state index contributed by atoms with van der Waals surface area (Å²) in [7, 11) is 0. The van der Waals surface area contributed by atoms with E-state index in [1.807, 2.05) is 13.8 Å². The molecule has 0 aromatic heterocycles. The molecule has 1 amide bonds. The van der Waals surface area contributed by atoms with Gasteiger partial charge in [0.1, 0.15) is 5.54 Å². The zero-order valence-corrected chi connectivity index (χ0v) is 15.6. The first kappa shape index (κ1) is 19.4. The Labute approximate surface area is 152 Å². The molecule has 1 aliphatic heterocycles. The molecule has 1 fully saturated rings. The monoisotopic (exact) mass is 369 g/mol. The minimum atomic E-state index is -1.20. The number of hydrogen-bond donors (Lipinski definition) is 1. The average molecular weight is 370 g/mol. The van der Waals surface area contributed by atoms with Crippen molar-refractivity contribution in [1.29, 1.82) is 0 Å². The van der Waals surface area contributed by atoms with Gasteiger partial charge in [0.15, 0.2) is 11.5 Å². The maximum absolute atomic E-state index is 12.9. The van der Waals surface area contributed by atoms with E-state index < -0.39 is 11.5 Å². The van der Waals surface area contributed by atoms with Gasteiger partial charge in [0.2, 0.25) is 0 Å². The van der Waals surface area contributed by atoms with Gasteiger partial charge < -0.3 is 19.5 Å². The van der Waals surface area contributed by atoms with E-state index in [1.165, 1.54) is 11.0 Å². The van der Waals surface area contributed by atoms with E-state index in [4.69, 9.17) is 21.1 Å². The summed E-state index contributed by atoms with van der Waals surface area (Å²) in [5, 5.41) is 9.79. The summed E-state index contributed by atoms with van der Waals surface area (Å²) in [5.74, 6) is -0.572. The molecule has 1 unspecified atom stereocenters. The molecule has 1 heterocycles. The van der Waals surface area contributed by atoms with Crippen LogP contribution in [-0.4, -0.2) is 47.2 Å². The van der Waals surface area contributed by atoms with Crippen molar-refractivity contribution < 1.29 is 24.2 Å². The lowest BCUT2D eigenvalue weighted by atomic mass is 9.98. The van der Waals surface area contributed by atoms with Crippen LogP contribution in [-0.2, 0) is 4.79 Å². The third kappa shape index (κ3) is 3.84. The number of halogens is 1. The van der Waals surface area contributed by atoms with Crippen LogP contribution < -0.4 is 9.47 Å². The lowest BCUT2D eigenvalue weighted by Crippen LogP contribution is -2.50. The number of aliphatic carboxylic acids is 1. The topological polar surface area (TPSA) is 76.1 Å². The Hall–Kier alpha value is -1.95. The molecule has 0 radical (unpaired) electrons. The molecule has 138 valence electrons. The van der Waals surface area contributed by atoms with Gasteiger partial charge in [-0.3, -0.25) is 4.79 Å². The van der Waals surface area contributed by atoms with Gasteiger partial charge in [-0.05, 0) is 45.2 Å². The molecule has 7 heteroatoms. The van der Waals surface area contributed by atoms with E-state index in [2.05, 4.69) is 0 Å². The van der Waals surface area contributed by atoms with Crippen molar-refractivity contribution in [1.82, 2.24) is 4.90 Å². The van der Waals surface area contributed by atoms with Gasteiger partial charge in [-0.2, -0.15) is 0 Å². The molecule has 1 saturated heterocycles. The molecule has 1 aliphatic rings. The zero-order chi connectivity index (χ0) is 18.6. The fourth-order valence-corrected chi connectivity index (χ4v) is 3.23. The molecular formula is C18H24ClNO5. The summed E-state index contributed by atoms with van der Waals surface area (Å²) in [6.45, 7) is 6.66. The lowest BCUT2D eigenvalue weighted by Gasteiger charge is -2.31. The highest BCUT2D eigenvalue weighted by Crippen LogP contribution is 2.38. The smallest absolute Gasteiger partial charge is 0.329 e. The Morgan fingerprint density at radius 2 is 2.04 bits per heavy atom. The summed E-state index contributed by atoms with van der Waals surface area (Å²) in [4.78, 5) is 25.9. The quantitative estimate of drug-likeness (QED) is 0.794. The van der Waals surface area contributed by atoms with E-state index in [0.717, 1.165) is 6.42 Å². The number of rotatable bonds is 7. The number of nitrogens with zero attached hydrogens (tertiary/aromatic N) is 1.